The van der Waals surface area contributed by atoms with E-state index < -0.39 is 12.4 Å². The van der Waals surface area contributed by atoms with Crippen LogP contribution < -0.4 is 9.47 Å². The van der Waals surface area contributed by atoms with E-state index in [-0.39, 0.29) is 11.6 Å². The van der Waals surface area contributed by atoms with Crippen molar-refractivity contribution in [3.8, 4) is 22.8 Å². The number of nitrogens with zero attached hydrogens (tertiary/aromatic N) is 2. The summed E-state index contributed by atoms with van der Waals surface area (Å²) in [5.74, 6) is 0.275. The smallest absolute Gasteiger partial charge is 0.244 e. The number of pyridine rings is 2. The Labute approximate surface area is 177 Å². The number of fused-ring (bicyclic) bond motifs is 2. The molecule has 1 aliphatic rings. The molecule has 2 atom stereocenters. The second kappa shape index (κ2) is 7.77. The fraction of sp³-hybridized carbons (Fsp3) is 0.125. The van der Waals surface area contributed by atoms with E-state index in [1.165, 1.54) is 25.4 Å². The molecule has 0 bridgehead atoms. The van der Waals surface area contributed by atoms with E-state index in [2.05, 4.69) is 9.97 Å². The Balaban J connectivity index is 1.51. The number of aromatic nitrogens is 2. The van der Waals surface area contributed by atoms with Gasteiger partial charge in [0.2, 0.25) is 18.2 Å². The Hall–Kier alpha value is -3.84. The first-order chi connectivity index (χ1) is 15.1. The van der Waals surface area contributed by atoms with E-state index in [9.17, 15) is 9.18 Å². The summed E-state index contributed by atoms with van der Waals surface area (Å²) in [7, 11) is 1.46. The average Bonchev–Trinajstić information content (AvgIpc) is 2.81. The fourth-order valence-electron chi connectivity index (χ4n) is 3.55. The van der Waals surface area contributed by atoms with Gasteiger partial charge in [-0.15, -0.1) is 0 Å². The predicted octanol–water partition coefficient (Wildman–Crippen LogP) is 4.43. The van der Waals surface area contributed by atoms with Gasteiger partial charge in [-0.2, -0.15) is 0 Å². The van der Waals surface area contributed by atoms with Crippen LogP contribution >= 0.6 is 0 Å². The van der Waals surface area contributed by atoms with Gasteiger partial charge in [-0.25, -0.2) is 9.37 Å². The third-order valence-corrected chi connectivity index (χ3v) is 5.07. The van der Waals surface area contributed by atoms with Crippen molar-refractivity contribution in [2.45, 2.75) is 12.4 Å². The summed E-state index contributed by atoms with van der Waals surface area (Å²) in [4.78, 5) is 21.9. The van der Waals surface area contributed by atoms with Crippen LogP contribution in [0.25, 0.3) is 22.2 Å². The molecule has 0 radical (unpaired) electrons. The fourth-order valence-corrected chi connectivity index (χ4v) is 3.55. The Morgan fingerprint density at radius 1 is 1.06 bits per heavy atom. The average molecular weight is 416 g/mol. The molecule has 31 heavy (non-hydrogen) atoms. The lowest BCUT2D eigenvalue weighted by atomic mass is 9.97. The second-order valence-corrected chi connectivity index (χ2v) is 7.06. The monoisotopic (exact) mass is 416 g/mol. The maximum atomic E-state index is 13.4. The van der Waals surface area contributed by atoms with Crippen LogP contribution in [0.3, 0.4) is 0 Å². The number of Topliss-reactive ketones (excluding diaryl/α,β-unsaturated/α-hetero) is 1. The normalized spacial score (nSPS) is 17.8. The lowest BCUT2D eigenvalue weighted by molar-refractivity contribution is -0.110. The first kappa shape index (κ1) is 19.1. The molecule has 1 aliphatic heterocycles. The van der Waals surface area contributed by atoms with Crippen LogP contribution in [0.5, 0.6) is 11.5 Å². The van der Waals surface area contributed by atoms with Crippen molar-refractivity contribution in [3.05, 3.63) is 84.4 Å². The van der Waals surface area contributed by atoms with Crippen LogP contribution in [-0.2, 0) is 4.74 Å². The number of rotatable bonds is 4. The molecule has 0 unspecified atom stereocenters. The quantitative estimate of drug-likeness (QED) is 0.490. The van der Waals surface area contributed by atoms with Gasteiger partial charge < -0.3 is 14.2 Å². The van der Waals surface area contributed by atoms with Crippen molar-refractivity contribution in [3.63, 3.8) is 0 Å². The molecule has 0 saturated heterocycles. The van der Waals surface area contributed by atoms with Crippen molar-refractivity contribution in [2.75, 3.05) is 7.11 Å². The van der Waals surface area contributed by atoms with E-state index in [1.54, 1.807) is 48.7 Å². The predicted molar refractivity (Wildman–Crippen MR) is 112 cm³/mol. The number of carbonyl (C=O) groups is 1. The summed E-state index contributed by atoms with van der Waals surface area (Å²) in [6.07, 6.45) is 1.27. The highest BCUT2D eigenvalue weighted by Crippen LogP contribution is 2.34. The van der Waals surface area contributed by atoms with Gasteiger partial charge in [-0.3, -0.25) is 9.78 Å². The molecule has 154 valence electrons. The molecule has 0 saturated carbocycles. The topological polar surface area (TPSA) is 70.5 Å². The zero-order valence-corrected chi connectivity index (χ0v) is 16.5. The van der Waals surface area contributed by atoms with Crippen LogP contribution in [0.15, 0.2) is 73.1 Å². The van der Waals surface area contributed by atoms with Gasteiger partial charge in [0, 0.05) is 24.3 Å². The van der Waals surface area contributed by atoms with Gasteiger partial charge in [0.05, 0.1) is 23.0 Å². The van der Waals surface area contributed by atoms with Crippen molar-refractivity contribution >= 4 is 16.7 Å². The lowest BCUT2D eigenvalue weighted by Gasteiger charge is -2.31. The first-order valence-corrected chi connectivity index (χ1v) is 9.63. The zero-order valence-electron chi connectivity index (χ0n) is 16.5. The number of benzene rings is 2. The van der Waals surface area contributed by atoms with Crippen molar-refractivity contribution in [1.29, 1.82) is 0 Å². The Morgan fingerprint density at radius 2 is 1.97 bits per heavy atom. The van der Waals surface area contributed by atoms with Gasteiger partial charge in [0.15, 0.2) is 0 Å². The minimum Gasteiger partial charge on any atom is -0.474 e. The van der Waals surface area contributed by atoms with Crippen LogP contribution in [0.4, 0.5) is 4.39 Å². The molecule has 0 fully saturated rings. The first-order valence-electron chi connectivity index (χ1n) is 9.63. The molecule has 5 rings (SSSR count). The van der Waals surface area contributed by atoms with Gasteiger partial charge in [-0.05, 0) is 54.6 Å². The third kappa shape index (κ3) is 3.60. The lowest BCUT2D eigenvalue weighted by Crippen LogP contribution is -2.47. The summed E-state index contributed by atoms with van der Waals surface area (Å²) in [6.45, 7) is 0. The highest BCUT2D eigenvalue weighted by atomic mass is 19.1. The van der Waals surface area contributed by atoms with Crippen LogP contribution in [0, 0.1) is 5.82 Å². The van der Waals surface area contributed by atoms with E-state index in [0.29, 0.717) is 33.7 Å². The molecule has 4 aromatic rings. The number of methoxy groups -OCH3 is 1. The highest BCUT2D eigenvalue weighted by Gasteiger charge is 2.39. The molecule has 3 heterocycles. The van der Waals surface area contributed by atoms with Gasteiger partial charge in [-0.1, -0.05) is 6.07 Å². The summed E-state index contributed by atoms with van der Waals surface area (Å²) in [5.41, 5.74) is 2.43. The molecule has 0 N–H and O–H groups in total. The summed E-state index contributed by atoms with van der Waals surface area (Å²) in [6, 6.07) is 16.7. The van der Waals surface area contributed by atoms with Crippen molar-refractivity contribution in [1.82, 2.24) is 9.97 Å². The SMILES string of the molecule is CO[C@@H]1Oc2ccc(-c3ccc4cc(F)ccc4n3)cc2C(=O)[C@H]1Oc1cccnc1. The number of ether oxygens (including phenoxy) is 3. The van der Waals surface area contributed by atoms with Gasteiger partial charge in [0.1, 0.15) is 17.3 Å². The molecule has 0 aliphatic carbocycles. The Morgan fingerprint density at radius 3 is 2.77 bits per heavy atom. The zero-order chi connectivity index (χ0) is 21.4. The Kier molecular flexibility index (Phi) is 4.80. The van der Waals surface area contributed by atoms with Gasteiger partial charge in [0.25, 0.3) is 0 Å². The van der Waals surface area contributed by atoms with Crippen LogP contribution in [0.1, 0.15) is 10.4 Å². The second-order valence-electron chi connectivity index (χ2n) is 7.06. The molecule has 7 heteroatoms. The molecule has 6 nitrogen and oxygen atoms in total. The van der Waals surface area contributed by atoms with Crippen LogP contribution in [0.2, 0.25) is 0 Å². The minimum atomic E-state index is -0.982. The number of hydrogen-bond donors (Lipinski definition) is 0. The van der Waals surface area contributed by atoms with E-state index in [1.807, 2.05) is 6.07 Å². The third-order valence-electron chi connectivity index (χ3n) is 5.07. The molecule has 2 aromatic carbocycles. The van der Waals surface area contributed by atoms with E-state index in [0.717, 1.165) is 5.56 Å². The number of ketones is 1. The number of carbonyl (C=O) groups excluding carboxylic acids is 1. The molecule has 0 amide bonds. The molecular formula is C24H17FN2O4. The maximum Gasteiger partial charge on any atom is 0.244 e. The maximum absolute atomic E-state index is 13.4. The number of halogens is 1. The molecule has 0 spiro atoms. The summed E-state index contributed by atoms with van der Waals surface area (Å²) < 4.78 is 30.5. The Bertz CT molecular complexity index is 1280. The largest absolute Gasteiger partial charge is 0.474 e. The standard InChI is InChI=1S/C24H17FN2O4/c1-29-24-23(30-17-3-2-10-26-13-17)22(28)18-12-15(5-9-21(18)31-24)19-7-4-14-11-16(25)6-8-20(14)27-19/h2-13,23-24H,1H3/t23-,24-/m1/s1. The molecule has 2 aromatic heterocycles. The van der Waals surface area contributed by atoms with Crippen LogP contribution in [-0.4, -0.2) is 35.3 Å². The summed E-state index contributed by atoms with van der Waals surface area (Å²) >= 11 is 0. The number of hydrogen-bond acceptors (Lipinski definition) is 6. The van der Waals surface area contributed by atoms with Gasteiger partial charge >= 0.3 is 0 Å². The van der Waals surface area contributed by atoms with Crippen molar-refractivity contribution in [2.24, 2.45) is 0 Å². The summed E-state index contributed by atoms with van der Waals surface area (Å²) in [5, 5.41) is 0.703. The molecular weight excluding hydrogens is 399 g/mol. The van der Waals surface area contributed by atoms with Crippen molar-refractivity contribution < 1.29 is 23.4 Å². The van der Waals surface area contributed by atoms with E-state index >= 15 is 0 Å². The minimum absolute atomic E-state index is 0.262. The highest BCUT2D eigenvalue weighted by molar-refractivity contribution is 6.04. The van der Waals surface area contributed by atoms with E-state index in [4.69, 9.17) is 14.2 Å².